The summed E-state index contributed by atoms with van der Waals surface area (Å²) in [6.07, 6.45) is 1.71. The summed E-state index contributed by atoms with van der Waals surface area (Å²) in [5.41, 5.74) is 3.24. The fourth-order valence-corrected chi connectivity index (χ4v) is 2.46. The van der Waals surface area contributed by atoms with Crippen LogP contribution in [0.15, 0.2) is 35.5 Å². The maximum Gasteiger partial charge on any atom is 0.248 e. The molecule has 1 aliphatic heterocycles. The van der Waals surface area contributed by atoms with Crippen LogP contribution in [0.5, 0.6) is 0 Å². The van der Waals surface area contributed by atoms with Crippen molar-refractivity contribution in [1.29, 1.82) is 0 Å². The van der Waals surface area contributed by atoms with Crippen molar-refractivity contribution >= 4 is 28.9 Å². The van der Waals surface area contributed by atoms with E-state index in [-0.39, 0.29) is 12.5 Å². The number of hydrogen-bond acceptors (Lipinski definition) is 3. The molecule has 0 spiro atoms. The smallest absolute Gasteiger partial charge is 0.248 e. The molecule has 1 aliphatic rings. The van der Waals surface area contributed by atoms with E-state index in [1.54, 1.807) is 28.9 Å². The van der Waals surface area contributed by atoms with Gasteiger partial charge in [-0.2, -0.15) is 5.10 Å². The van der Waals surface area contributed by atoms with E-state index in [0.717, 1.165) is 22.7 Å². The molecule has 0 unspecified atom stereocenters. The molecule has 6 heteroatoms. The largest absolute Gasteiger partial charge is 0.313 e. The lowest BCUT2D eigenvalue weighted by Gasteiger charge is -2.18. The minimum Gasteiger partial charge on any atom is -0.313 e. The van der Waals surface area contributed by atoms with Crippen molar-refractivity contribution in [3.8, 4) is 0 Å². The van der Waals surface area contributed by atoms with Crippen LogP contribution in [-0.4, -0.2) is 35.0 Å². The van der Waals surface area contributed by atoms with E-state index in [1.165, 1.54) is 0 Å². The Labute approximate surface area is 121 Å². The number of likely N-dealkylation sites (N-methyl/N-ethyl adjacent to an activating group) is 1. The highest BCUT2D eigenvalue weighted by molar-refractivity contribution is 6.31. The third kappa shape index (κ3) is 2.00. The second kappa shape index (κ2) is 4.76. The van der Waals surface area contributed by atoms with Gasteiger partial charge in [-0.25, -0.2) is 0 Å². The lowest BCUT2D eigenvalue weighted by molar-refractivity contribution is -0.116. The topological polar surface area (TPSA) is 50.5 Å². The number of aryl methyl sites for hydroxylation is 1. The van der Waals surface area contributed by atoms with Crippen LogP contribution in [0.4, 0.5) is 5.69 Å². The monoisotopic (exact) mass is 288 g/mol. The van der Waals surface area contributed by atoms with Crippen molar-refractivity contribution in [2.45, 2.75) is 0 Å². The fourth-order valence-electron chi connectivity index (χ4n) is 2.29. The number of fused-ring (bicyclic) bond motifs is 1. The first-order valence-corrected chi connectivity index (χ1v) is 6.55. The van der Waals surface area contributed by atoms with Crippen LogP contribution in [0.1, 0.15) is 11.3 Å². The normalized spacial score (nSPS) is 14.8. The molecule has 0 bridgehead atoms. The summed E-state index contributed by atoms with van der Waals surface area (Å²) in [4.78, 5) is 18.1. The molecule has 0 fully saturated rings. The number of benzene rings is 1. The van der Waals surface area contributed by atoms with Gasteiger partial charge in [-0.05, 0) is 24.3 Å². The van der Waals surface area contributed by atoms with Gasteiger partial charge in [0.25, 0.3) is 0 Å². The highest BCUT2D eigenvalue weighted by Crippen LogP contribution is 2.28. The van der Waals surface area contributed by atoms with Crippen molar-refractivity contribution in [3.63, 3.8) is 0 Å². The second-order valence-electron chi connectivity index (χ2n) is 4.62. The Morgan fingerprint density at radius 2 is 2.05 bits per heavy atom. The highest BCUT2D eigenvalue weighted by Gasteiger charge is 2.23. The average Bonchev–Trinajstić information content (AvgIpc) is 2.80. The Kier molecular flexibility index (Phi) is 3.06. The Bertz CT molecular complexity index is 720. The van der Waals surface area contributed by atoms with Crippen molar-refractivity contribution in [1.82, 2.24) is 9.78 Å². The van der Waals surface area contributed by atoms with E-state index in [4.69, 9.17) is 11.6 Å². The van der Waals surface area contributed by atoms with Crippen LogP contribution >= 0.6 is 11.6 Å². The molecule has 0 N–H and O–H groups in total. The zero-order chi connectivity index (χ0) is 14.3. The Morgan fingerprint density at radius 3 is 2.75 bits per heavy atom. The van der Waals surface area contributed by atoms with Crippen molar-refractivity contribution < 1.29 is 4.79 Å². The number of anilines is 1. The molecule has 0 saturated carbocycles. The van der Waals surface area contributed by atoms with Gasteiger partial charge in [-0.15, -0.1) is 0 Å². The number of halogens is 1. The van der Waals surface area contributed by atoms with Gasteiger partial charge in [-0.1, -0.05) is 11.6 Å². The summed E-state index contributed by atoms with van der Waals surface area (Å²) >= 11 is 6.10. The molecule has 5 nitrogen and oxygen atoms in total. The predicted molar refractivity (Wildman–Crippen MR) is 78.6 cm³/mol. The minimum absolute atomic E-state index is 0.0502. The maximum absolute atomic E-state index is 12.0. The summed E-state index contributed by atoms with van der Waals surface area (Å²) in [5.74, 6) is -0.0502. The van der Waals surface area contributed by atoms with Crippen LogP contribution < -0.4 is 4.90 Å². The van der Waals surface area contributed by atoms with Crippen LogP contribution in [0.2, 0.25) is 5.02 Å². The second-order valence-corrected chi connectivity index (χ2v) is 5.06. The van der Waals surface area contributed by atoms with Gasteiger partial charge in [-0.3, -0.25) is 14.5 Å². The number of benzodiazepines with no additional fused rings is 1. The molecular formula is C14H13ClN4O. The first-order valence-electron chi connectivity index (χ1n) is 6.17. The molecule has 1 amide bonds. The number of hydrogen-bond donors (Lipinski definition) is 0. The van der Waals surface area contributed by atoms with Gasteiger partial charge in [0.2, 0.25) is 5.91 Å². The fraction of sp³-hybridized carbons (Fsp3) is 0.214. The molecule has 2 aromatic rings. The third-order valence-corrected chi connectivity index (χ3v) is 3.62. The molecule has 2 heterocycles. The van der Waals surface area contributed by atoms with E-state index in [9.17, 15) is 4.79 Å². The zero-order valence-electron chi connectivity index (χ0n) is 11.2. The summed E-state index contributed by atoms with van der Waals surface area (Å²) in [7, 11) is 3.59. The molecule has 102 valence electrons. The Morgan fingerprint density at radius 1 is 1.25 bits per heavy atom. The molecular weight excluding hydrogens is 276 g/mol. The quantitative estimate of drug-likeness (QED) is 0.804. The van der Waals surface area contributed by atoms with Crippen molar-refractivity contribution in [2.75, 3.05) is 18.5 Å². The minimum atomic E-state index is -0.0502. The molecule has 0 atom stereocenters. The zero-order valence-corrected chi connectivity index (χ0v) is 11.9. The molecule has 1 aromatic heterocycles. The molecule has 1 aromatic carbocycles. The number of amides is 1. The summed E-state index contributed by atoms with van der Waals surface area (Å²) in [5, 5.41) is 4.77. The number of carbonyl (C=O) groups excluding carboxylic acids is 1. The predicted octanol–water partition coefficient (Wildman–Crippen LogP) is 1.89. The molecule has 20 heavy (non-hydrogen) atoms. The van der Waals surface area contributed by atoms with Gasteiger partial charge in [0, 0.05) is 30.9 Å². The molecule has 0 radical (unpaired) electrons. The molecule has 3 rings (SSSR count). The Balaban J connectivity index is 2.26. The van der Waals surface area contributed by atoms with E-state index in [2.05, 4.69) is 10.1 Å². The highest BCUT2D eigenvalue weighted by atomic mass is 35.5. The van der Waals surface area contributed by atoms with Crippen LogP contribution in [-0.2, 0) is 11.8 Å². The number of aliphatic imine (C=N–C) groups is 1. The molecule has 0 saturated heterocycles. The number of aromatic nitrogens is 2. The maximum atomic E-state index is 12.0. The van der Waals surface area contributed by atoms with Crippen molar-refractivity contribution in [2.24, 2.45) is 12.0 Å². The standard InChI is InChI=1S/C14H13ClN4O/c1-18-11-4-3-9(15)7-10(11)14(16-8-13(18)20)12-5-6-17-19(12)2/h3-7H,8H2,1-2H3. The van der Waals surface area contributed by atoms with E-state index in [0.29, 0.717) is 5.02 Å². The first-order chi connectivity index (χ1) is 9.58. The number of carbonyl (C=O) groups is 1. The first kappa shape index (κ1) is 12.9. The van der Waals surface area contributed by atoms with E-state index < -0.39 is 0 Å². The van der Waals surface area contributed by atoms with Crippen LogP contribution in [0.25, 0.3) is 0 Å². The Hall–Kier alpha value is -2.14. The third-order valence-electron chi connectivity index (χ3n) is 3.39. The summed E-state index contributed by atoms with van der Waals surface area (Å²) in [6, 6.07) is 7.32. The van der Waals surface area contributed by atoms with Crippen LogP contribution in [0, 0.1) is 0 Å². The average molecular weight is 289 g/mol. The summed E-state index contributed by atoms with van der Waals surface area (Å²) < 4.78 is 1.74. The van der Waals surface area contributed by atoms with Gasteiger partial charge in [0.05, 0.1) is 17.1 Å². The lowest BCUT2D eigenvalue weighted by Crippen LogP contribution is -2.27. The lowest BCUT2D eigenvalue weighted by atomic mass is 10.0. The van der Waals surface area contributed by atoms with Crippen LogP contribution in [0.3, 0.4) is 0 Å². The SMILES string of the molecule is CN1C(=O)CN=C(c2ccnn2C)c2cc(Cl)ccc21. The molecule has 0 aliphatic carbocycles. The van der Waals surface area contributed by atoms with Gasteiger partial charge >= 0.3 is 0 Å². The van der Waals surface area contributed by atoms with Gasteiger partial charge in [0.1, 0.15) is 6.54 Å². The van der Waals surface area contributed by atoms with Crippen molar-refractivity contribution in [3.05, 3.63) is 46.7 Å². The van der Waals surface area contributed by atoms with Gasteiger partial charge < -0.3 is 4.90 Å². The van der Waals surface area contributed by atoms with E-state index >= 15 is 0 Å². The van der Waals surface area contributed by atoms with Gasteiger partial charge in [0.15, 0.2) is 0 Å². The number of rotatable bonds is 1. The summed E-state index contributed by atoms with van der Waals surface area (Å²) in [6.45, 7) is 0.114. The number of nitrogens with zero attached hydrogens (tertiary/aromatic N) is 4. The van der Waals surface area contributed by atoms with E-state index in [1.807, 2.05) is 25.2 Å².